The molecule has 0 saturated heterocycles. The molecule has 3 N–H and O–H groups in total. The molecule has 6 nitrogen and oxygen atoms in total. The quantitative estimate of drug-likeness (QED) is 0.885. The summed E-state index contributed by atoms with van der Waals surface area (Å²) in [5, 5.41) is 13.2. The van der Waals surface area contributed by atoms with Gasteiger partial charge in [-0.3, -0.25) is 4.79 Å². The van der Waals surface area contributed by atoms with Crippen LogP contribution in [0.2, 0.25) is 0 Å². The zero-order valence-corrected chi connectivity index (χ0v) is 12.1. The molecule has 1 amide bonds. The summed E-state index contributed by atoms with van der Waals surface area (Å²) in [4.78, 5) is 13.0. The number of carbonyl (C=O) groups excluding carboxylic acids is 1. The van der Waals surface area contributed by atoms with Crippen molar-refractivity contribution in [1.29, 1.82) is 0 Å². The van der Waals surface area contributed by atoms with Crippen molar-refractivity contribution in [3.8, 4) is 0 Å². The Balaban J connectivity index is 1.69. The number of rotatable bonds is 4. The Kier molecular flexibility index (Phi) is 3.54. The molecule has 0 saturated carbocycles. The molecule has 0 aromatic carbocycles. The Labute approximate surface area is 121 Å². The van der Waals surface area contributed by atoms with E-state index < -0.39 is 6.04 Å². The van der Waals surface area contributed by atoms with E-state index in [9.17, 15) is 4.79 Å². The van der Waals surface area contributed by atoms with Gasteiger partial charge < -0.3 is 15.6 Å². The molecule has 0 spiro atoms. The third-order valence-electron chi connectivity index (χ3n) is 3.52. The van der Waals surface area contributed by atoms with Gasteiger partial charge in [0.05, 0.1) is 6.04 Å². The lowest BCUT2D eigenvalue weighted by atomic mass is 10.2. The second-order valence-electron chi connectivity index (χ2n) is 4.95. The Bertz CT molecular complexity index is 606. The summed E-state index contributed by atoms with van der Waals surface area (Å²) in [6.07, 6.45) is 2.05. The number of hydrogen-bond donors (Lipinski definition) is 2. The van der Waals surface area contributed by atoms with Gasteiger partial charge in [0.1, 0.15) is 11.9 Å². The van der Waals surface area contributed by atoms with Crippen LogP contribution in [0.15, 0.2) is 17.5 Å². The zero-order valence-electron chi connectivity index (χ0n) is 11.2. The Morgan fingerprint density at radius 2 is 2.40 bits per heavy atom. The van der Waals surface area contributed by atoms with Gasteiger partial charge in [0, 0.05) is 17.8 Å². The molecule has 2 aromatic rings. The van der Waals surface area contributed by atoms with Crippen molar-refractivity contribution < 1.29 is 4.79 Å². The lowest BCUT2D eigenvalue weighted by Gasteiger charge is -2.16. The number of nitrogens with zero attached hydrogens (tertiary/aromatic N) is 3. The number of amides is 1. The number of fused-ring (bicyclic) bond motifs is 1. The Morgan fingerprint density at radius 3 is 3.15 bits per heavy atom. The molecular weight excluding hydrogens is 274 g/mol. The molecule has 20 heavy (non-hydrogen) atoms. The topological polar surface area (TPSA) is 85.8 Å². The van der Waals surface area contributed by atoms with Crippen LogP contribution in [-0.2, 0) is 17.8 Å². The fourth-order valence-corrected chi connectivity index (χ4v) is 3.18. The summed E-state index contributed by atoms with van der Waals surface area (Å²) >= 11 is 1.49. The third kappa shape index (κ3) is 2.34. The molecule has 106 valence electrons. The first-order valence-corrected chi connectivity index (χ1v) is 7.56. The number of aryl methyl sites for hydroxylation is 1. The van der Waals surface area contributed by atoms with E-state index in [-0.39, 0.29) is 11.9 Å². The predicted molar refractivity (Wildman–Crippen MR) is 76.1 cm³/mol. The highest BCUT2D eigenvalue weighted by Crippen LogP contribution is 2.21. The Hall–Kier alpha value is -1.73. The fraction of sp³-hybridized carbons (Fsp3) is 0.462. The molecular formula is C13H17N5OS. The molecule has 3 heterocycles. The van der Waals surface area contributed by atoms with Crippen molar-refractivity contribution in [3.05, 3.63) is 34.0 Å². The van der Waals surface area contributed by atoms with Crippen LogP contribution in [0.1, 0.15) is 42.0 Å². The summed E-state index contributed by atoms with van der Waals surface area (Å²) in [6.45, 7) is 2.84. The maximum Gasteiger partial charge on any atom is 0.242 e. The van der Waals surface area contributed by atoms with Crippen LogP contribution in [0, 0.1) is 0 Å². The number of carbonyl (C=O) groups is 1. The lowest BCUT2D eigenvalue weighted by molar-refractivity contribution is -0.123. The summed E-state index contributed by atoms with van der Waals surface area (Å²) in [5.41, 5.74) is 5.95. The van der Waals surface area contributed by atoms with Gasteiger partial charge >= 0.3 is 0 Å². The highest BCUT2D eigenvalue weighted by atomic mass is 32.1. The molecule has 0 fully saturated rings. The van der Waals surface area contributed by atoms with Gasteiger partial charge in [0.2, 0.25) is 5.91 Å². The molecule has 1 aliphatic rings. The molecule has 2 atom stereocenters. The van der Waals surface area contributed by atoms with Crippen LogP contribution in [0.3, 0.4) is 0 Å². The van der Waals surface area contributed by atoms with E-state index in [2.05, 4.69) is 20.1 Å². The zero-order chi connectivity index (χ0) is 14.1. The number of aromatic nitrogens is 3. The molecule has 0 bridgehead atoms. The van der Waals surface area contributed by atoms with E-state index in [1.807, 2.05) is 24.4 Å². The number of thiophene rings is 1. The highest BCUT2D eigenvalue weighted by Gasteiger charge is 2.24. The van der Waals surface area contributed by atoms with Gasteiger partial charge in [-0.15, -0.1) is 21.5 Å². The van der Waals surface area contributed by atoms with Crippen molar-refractivity contribution in [2.75, 3.05) is 0 Å². The molecule has 7 heteroatoms. The largest absolute Gasteiger partial charge is 0.345 e. The van der Waals surface area contributed by atoms with Gasteiger partial charge in [-0.25, -0.2) is 0 Å². The second-order valence-corrected chi connectivity index (χ2v) is 5.93. The molecule has 0 aliphatic carbocycles. The second kappa shape index (κ2) is 5.34. The maximum absolute atomic E-state index is 12.2. The molecule has 2 aromatic heterocycles. The van der Waals surface area contributed by atoms with Crippen molar-refractivity contribution in [2.24, 2.45) is 5.73 Å². The minimum absolute atomic E-state index is 0.185. The molecule has 0 radical (unpaired) electrons. The normalized spacial score (nSPS) is 16.7. The number of nitrogens with one attached hydrogen (secondary N) is 1. The first-order valence-electron chi connectivity index (χ1n) is 6.68. The molecule has 2 unspecified atom stereocenters. The van der Waals surface area contributed by atoms with Crippen molar-refractivity contribution in [1.82, 2.24) is 20.1 Å². The standard InChI is InChI=1S/C13H17N5OS/c1-8(12-17-16-10-5-2-6-18(10)12)15-13(19)11(14)9-4-3-7-20-9/h3-4,7-8,11H,2,5-6,14H2,1H3,(H,15,19). The smallest absolute Gasteiger partial charge is 0.242 e. The monoisotopic (exact) mass is 291 g/mol. The van der Waals surface area contributed by atoms with Gasteiger partial charge in [0.15, 0.2) is 5.82 Å². The van der Waals surface area contributed by atoms with E-state index in [0.29, 0.717) is 0 Å². The minimum Gasteiger partial charge on any atom is -0.345 e. The average molecular weight is 291 g/mol. The Morgan fingerprint density at radius 1 is 1.55 bits per heavy atom. The maximum atomic E-state index is 12.2. The van der Waals surface area contributed by atoms with Gasteiger partial charge in [-0.1, -0.05) is 6.07 Å². The first kappa shape index (κ1) is 13.3. The van der Waals surface area contributed by atoms with Crippen LogP contribution in [0.4, 0.5) is 0 Å². The van der Waals surface area contributed by atoms with E-state index >= 15 is 0 Å². The summed E-state index contributed by atoms with van der Waals surface area (Å²) in [7, 11) is 0. The average Bonchev–Trinajstić information content (AvgIpc) is 3.14. The van der Waals surface area contributed by atoms with E-state index in [1.54, 1.807) is 0 Å². The van der Waals surface area contributed by atoms with Crippen molar-refractivity contribution in [2.45, 2.75) is 38.4 Å². The van der Waals surface area contributed by atoms with Crippen LogP contribution >= 0.6 is 11.3 Å². The number of hydrogen-bond acceptors (Lipinski definition) is 5. The third-order valence-corrected chi connectivity index (χ3v) is 4.47. The predicted octanol–water partition coefficient (Wildman–Crippen LogP) is 1.16. The van der Waals surface area contributed by atoms with Crippen LogP contribution in [0.5, 0.6) is 0 Å². The fourth-order valence-electron chi connectivity index (χ4n) is 2.46. The molecule has 1 aliphatic heterocycles. The van der Waals surface area contributed by atoms with Crippen LogP contribution < -0.4 is 11.1 Å². The van der Waals surface area contributed by atoms with Gasteiger partial charge in [-0.05, 0) is 24.8 Å². The van der Waals surface area contributed by atoms with Gasteiger partial charge in [-0.2, -0.15) is 0 Å². The van der Waals surface area contributed by atoms with Gasteiger partial charge in [0.25, 0.3) is 0 Å². The van der Waals surface area contributed by atoms with E-state index in [1.165, 1.54) is 11.3 Å². The summed E-state index contributed by atoms with van der Waals surface area (Å²) in [5.74, 6) is 1.63. The molecule has 3 rings (SSSR count). The number of nitrogens with two attached hydrogens (primary N) is 1. The summed E-state index contributed by atoms with van der Waals surface area (Å²) in [6, 6.07) is 2.95. The van der Waals surface area contributed by atoms with Crippen molar-refractivity contribution >= 4 is 17.2 Å². The van der Waals surface area contributed by atoms with Crippen molar-refractivity contribution in [3.63, 3.8) is 0 Å². The van der Waals surface area contributed by atoms with E-state index in [4.69, 9.17) is 5.73 Å². The minimum atomic E-state index is -0.626. The summed E-state index contributed by atoms with van der Waals surface area (Å²) < 4.78 is 2.08. The lowest BCUT2D eigenvalue weighted by Crippen LogP contribution is -2.36. The van der Waals surface area contributed by atoms with E-state index in [0.717, 1.165) is 35.9 Å². The highest BCUT2D eigenvalue weighted by molar-refractivity contribution is 7.10. The van der Waals surface area contributed by atoms with Crippen LogP contribution in [0.25, 0.3) is 0 Å². The SMILES string of the molecule is CC(NC(=O)C(N)c1cccs1)c1nnc2n1CCC2. The first-order chi connectivity index (χ1) is 9.66. The van der Waals surface area contributed by atoms with Crippen LogP contribution in [-0.4, -0.2) is 20.7 Å².